The largest absolute Gasteiger partial charge is 0.295 e. The molecule has 2 atom stereocenters. The van der Waals surface area contributed by atoms with Crippen LogP contribution in [0.4, 0.5) is 5.69 Å². The van der Waals surface area contributed by atoms with Gasteiger partial charge in [-0.25, -0.2) is 0 Å². The van der Waals surface area contributed by atoms with Crippen molar-refractivity contribution in [2.45, 2.75) is 18.3 Å². The lowest BCUT2D eigenvalue weighted by Gasteiger charge is -2.49. The number of imide groups is 1. The summed E-state index contributed by atoms with van der Waals surface area (Å²) in [6.07, 6.45) is 1.88. The molecule has 0 bridgehead atoms. The summed E-state index contributed by atoms with van der Waals surface area (Å²) in [4.78, 5) is 41.0. The molecule has 2 aromatic carbocycles. The molecule has 0 saturated carbocycles. The number of rotatable bonds is 3. The van der Waals surface area contributed by atoms with E-state index in [4.69, 9.17) is 0 Å². The number of benzene rings is 2. The van der Waals surface area contributed by atoms with Crippen molar-refractivity contribution >= 4 is 35.2 Å². The SMILES string of the molecule is CS[C@@H]1[C@H](N2C(=O)c3ccccc3C2=O)C(=O)N1c1ccccc1C. The summed E-state index contributed by atoms with van der Waals surface area (Å²) in [7, 11) is 0. The van der Waals surface area contributed by atoms with Crippen LogP contribution >= 0.6 is 11.8 Å². The van der Waals surface area contributed by atoms with Crippen molar-refractivity contribution in [3.05, 3.63) is 65.2 Å². The van der Waals surface area contributed by atoms with E-state index >= 15 is 0 Å². The highest BCUT2D eigenvalue weighted by molar-refractivity contribution is 7.99. The Hall–Kier alpha value is -2.60. The van der Waals surface area contributed by atoms with Gasteiger partial charge >= 0.3 is 0 Å². The van der Waals surface area contributed by atoms with E-state index in [0.29, 0.717) is 11.1 Å². The first-order valence-corrected chi connectivity index (χ1v) is 9.23. The Morgan fingerprint density at radius 2 is 1.40 bits per heavy atom. The Balaban J connectivity index is 1.69. The molecule has 25 heavy (non-hydrogen) atoms. The number of aryl methyl sites for hydroxylation is 1. The first kappa shape index (κ1) is 15.9. The zero-order valence-electron chi connectivity index (χ0n) is 13.8. The van der Waals surface area contributed by atoms with E-state index in [-0.39, 0.29) is 23.1 Å². The van der Waals surface area contributed by atoms with Gasteiger partial charge in [-0.1, -0.05) is 30.3 Å². The van der Waals surface area contributed by atoms with E-state index in [1.54, 1.807) is 29.2 Å². The fraction of sp³-hybridized carbons (Fsp3) is 0.211. The zero-order valence-corrected chi connectivity index (χ0v) is 14.6. The van der Waals surface area contributed by atoms with Crippen LogP contribution in [0.25, 0.3) is 0 Å². The van der Waals surface area contributed by atoms with Crippen molar-refractivity contribution in [3.63, 3.8) is 0 Å². The van der Waals surface area contributed by atoms with Crippen molar-refractivity contribution < 1.29 is 14.4 Å². The molecule has 0 radical (unpaired) electrons. The smallest absolute Gasteiger partial charge is 0.262 e. The average molecular weight is 352 g/mol. The van der Waals surface area contributed by atoms with Crippen LogP contribution in [0.2, 0.25) is 0 Å². The van der Waals surface area contributed by atoms with Crippen LogP contribution in [0.15, 0.2) is 48.5 Å². The maximum absolute atomic E-state index is 12.9. The third-order valence-electron chi connectivity index (χ3n) is 4.74. The fourth-order valence-corrected chi connectivity index (χ4v) is 4.40. The Kier molecular flexibility index (Phi) is 3.65. The molecule has 1 fully saturated rings. The van der Waals surface area contributed by atoms with Crippen molar-refractivity contribution in [2.24, 2.45) is 0 Å². The van der Waals surface area contributed by atoms with E-state index in [2.05, 4.69) is 0 Å². The van der Waals surface area contributed by atoms with Crippen molar-refractivity contribution in [3.8, 4) is 0 Å². The monoisotopic (exact) mass is 352 g/mol. The summed E-state index contributed by atoms with van der Waals surface area (Å²) in [6, 6.07) is 13.6. The van der Waals surface area contributed by atoms with Gasteiger partial charge in [-0.3, -0.25) is 24.2 Å². The van der Waals surface area contributed by atoms with Gasteiger partial charge in [0.15, 0.2) is 0 Å². The molecule has 2 aliphatic rings. The summed E-state index contributed by atoms with van der Waals surface area (Å²) in [6.45, 7) is 1.94. The molecule has 126 valence electrons. The maximum Gasteiger partial charge on any atom is 0.262 e. The van der Waals surface area contributed by atoms with Crippen molar-refractivity contribution in [2.75, 3.05) is 11.2 Å². The second-order valence-corrected chi connectivity index (χ2v) is 7.05. The van der Waals surface area contributed by atoms with Crippen molar-refractivity contribution in [1.82, 2.24) is 4.90 Å². The Morgan fingerprint density at radius 1 is 0.840 bits per heavy atom. The molecule has 5 nitrogen and oxygen atoms in total. The number of amides is 3. The molecule has 0 spiro atoms. The number of nitrogens with zero attached hydrogens (tertiary/aromatic N) is 2. The maximum atomic E-state index is 12.9. The summed E-state index contributed by atoms with van der Waals surface area (Å²) >= 11 is 1.46. The minimum absolute atomic E-state index is 0.219. The lowest BCUT2D eigenvalue weighted by molar-refractivity contribution is -0.128. The third-order valence-corrected chi connectivity index (χ3v) is 5.69. The second-order valence-electron chi connectivity index (χ2n) is 6.09. The number of hydrogen-bond acceptors (Lipinski definition) is 4. The predicted molar refractivity (Wildman–Crippen MR) is 96.7 cm³/mol. The Bertz CT molecular complexity index is 876. The van der Waals surface area contributed by atoms with Gasteiger partial charge < -0.3 is 0 Å². The number of fused-ring (bicyclic) bond motifs is 1. The fourth-order valence-electron chi connectivity index (χ4n) is 3.47. The average Bonchev–Trinajstić information content (AvgIpc) is 2.87. The molecule has 0 aliphatic carbocycles. The lowest BCUT2D eigenvalue weighted by Crippen LogP contribution is -2.70. The van der Waals surface area contributed by atoms with Crippen molar-refractivity contribution in [1.29, 1.82) is 0 Å². The van der Waals surface area contributed by atoms with Gasteiger partial charge in [0.05, 0.1) is 11.1 Å². The third kappa shape index (κ3) is 2.14. The number of thioether (sulfide) groups is 1. The molecule has 0 unspecified atom stereocenters. The quantitative estimate of drug-likeness (QED) is 0.629. The number of β-lactam (4-membered cyclic amide) rings is 1. The van der Waals surface area contributed by atoms with Gasteiger partial charge in [0, 0.05) is 5.69 Å². The van der Waals surface area contributed by atoms with Crippen LogP contribution in [-0.2, 0) is 4.79 Å². The van der Waals surface area contributed by atoms with Gasteiger partial charge in [0.1, 0.15) is 11.4 Å². The van der Waals surface area contributed by atoms with Gasteiger partial charge in [0.25, 0.3) is 17.7 Å². The standard InChI is InChI=1S/C19H16N2O3S/c1-11-7-3-6-10-14(11)20-18(24)15(19(20)25-2)21-16(22)12-8-4-5-9-13(12)17(21)23/h3-10,15,19H,1-2H3/t15-,19-/m1/s1. The number of hydrogen-bond donors (Lipinski definition) is 0. The molecule has 1 saturated heterocycles. The minimum Gasteiger partial charge on any atom is -0.295 e. The van der Waals surface area contributed by atoms with Crippen LogP contribution < -0.4 is 4.90 Å². The molecule has 4 rings (SSSR count). The summed E-state index contributed by atoms with van der Waals surface area (Å²) in [5.41, 5.74) is 2.54. The molecule has 2 heterocycles. The molecular formula is C19H16N2O3S. The number of para-hydroxylation sites is 1. The van der Waals surface area contributed by atoms with E-state index in [1.165, 1.54) is 11.8 Å². The number of carbonyl (C=O) groups is 3. The van der Waals surface area contributed by atoms with Crippen LogP contribution in [-0.4, -0.2) is 40.3 Å². The molecule has 0 N–H and O–H groups in total. The highest BCUT2D eigenvalue weighted by Gasteiger charge is 2.56. The predicted octanol–water partition coefficient (Wildman–Crippen LogP) is 2.70. The van der Waals surface area contributed by atoms with E-state index in [0.717, 1.165) is 16.2 Å². The van der Waals surface area contributed by atoms with Crippen LogP contribution in [0, 0.1) is 6.92 Å². The summed E-state index contributed by atoms with van der Waals surface area (Å²) in [5.74, 6) is -0.993. The normalized spacial score (nSPS) is 22.2. The Labute approximate surface area is 149 Å². The Morgan fingerprint density at radius 3 is 1.96 bits per heavy atom. The molecule has 3 amide bonds. The van der Waals surface area contributed by atoms with Gasteiger partial charge in [-0.15, -0.1) is 11.8 Å². The number of carbonyl (C=O) groups excluding carboxylic acids is 3. The molecular weight excluding hydrogens is 336 g/mol. The summed E-state index contributed by atoms with van der Waals surface area (Å²) < 4.78 is 0. The van der Waals surface area contributed by atoms with Gasteiger partial charge in [0.2, 0.25) is 0 Å². The molecule has 2 aliphatic heterocycles. The number of anilines is 1. The second kappa shape index (κ2) is 5.74. The lowest BCUT2D eigenvalue weighted by atomic mass is 10.0. The first-order chi connectivity index (χ1) is 12.1. The van der Waals surface area contributed by atoms with Crippen LogP contribution in [0.5, 0.6) is 0 Å². The van der Waals surface area contributed by atoms with Gasteiger partial charge in [-0.05, 0) is 36.9 Å². The topological polar surface area (TPSA) is 57.7 Å². The molecule has 0 aromatic heterocycles. The van der Waals surface area contributed by atoms with E-state index in [9.17, 15) is 14.4 Å². The van der Waals surface area contributed by atoms with Gasteiger partial charge in [-0.2, -0.15) is 0 Å². The first-order valence-electron chi connectivity index (χ1n) is 7.94. The minimum atomic E-state index is -0.762. The summed E-state index contributed by atoms with van der Waals surface area (Å²) in [5, 5.41) is -0.282. The highest BCUT2D eigenvalue weighted by atomic mass is 32.2. The van der Waals surface area contributed by atoms with Crippen LogP contribution in [0.3, 0.4) is 0 Å². The molecule has 6 heteroatoms. The molecule has 2 aromatic rings. The highest BCUT2D eigenvalue weighted by Crippen LogP contribution is 2.40. The van der Waals surface area contributed by atoms with E-state index < -0.39 is 6.04 Å². The zero-order chi connectivity index (χ0) is 17.7. The van der Waals surface area contributed by atoms with E-state index in [1.807, 2.05) is 37.4 Å². The van der Waals surface area contributed by atoms with Crippen LogP contribution in [0.1, 0.15) is 26.3 Å².